The fraction of sp³-hybridized carbons (Fsp3) is 1.00. The third kappa shape index (κ3) is 4.35. The second-order valence-corrected chi connectivity index (χ2v) is 1.56. The Bertz CT molecular complexity index is 54.2. The lowest BCUT2D eigenvalue weighted by Gasteiger charge is -2.15. The lowest BCUT2D eigenvalue weighted by molar-refractivity contribution is -0.142. The van der Waals surface area contributed by atoms with Crippen LogP contribution in [0.1, 0.15) is 0 Å². The van der Waals surface area contributed by atoms with Crippen LogP contribution in [0.5, 0.6) is 0 Å². The third-order valence-electron chi connectivity index (χ3n) is 0.957. The van der Waals surface area contributed by atoms with Crippen molar-refractivity contribution in [2.45, 2.75) is 0 Å². The summed E-state index contributed by atoms with van der Waals surface area (Å²) in [6.07, 6.45) is 0. The van der Waals surface area contributed by atoms with Gasteiger partial charge in [0.05, 0.1) is 20.3 Å². The number of hydrogen-bond donors (Lipinski definition) is 2. The lowest BCUT2D eigenvalue weighted by atomic mass is 10.6. The van der Waals surface area contributed by atoms with Gasteiger partial charge in [-0.05, 0) is 0 Å². The minimum atomic E-state index is 0.0494. The van der Waals surface area contributed by atoms with Gasteiger partial charge in [0, 0.05) is 13.1 Å². The predicted molar refractivity (Wildman–Crippen MR) is 32.8 cm³/mol. The van der Waals surface area contributed by atoms with Crippen molar-refractivity contribution in [3.8, 4) is 0 Å². The molecule has 9 heavy (non-hydrogen) atoms. The average Bonchev–Trinajstić information content (AvgIpc) is 1.88. The molecule has 56 valence electrons. The summed E-state index contributed by atoms with van der Waals surface area (Å²) in [7, 11) is 1.51. The van der Waals surface area contributed by atoms with Crippen LogP contribution in [0, 0.1) is 0 Å². The molecule has 0 spiro atoms. The molecule has 0 fully saturated rings. The summed E-state index contributed by atoms with van der Waals surface area (Å²) in [5.74, 6) is 0. The number of aliphatic hydroxyl groups is 2. The highest BCUT2D eigenvalue weighted by Gasteiger charge is 1.98. The van der Waals surface area contributed by atoms with Gasteiger partial charge in [-0.25, -0.2) is 0 Å². The van der Waals surface area contributed by atoms with Crippen LogP contribution in [-0.2, 0) is 4.84 Å². The van der Waals surface area contributed by atoms with Crippen LogP contribution < -0.4 is 0 Å². The number of aliphatic hydroxyl groups excluding tert-OH is 2. The Morgan fingerprint density at radius 3 is 1.89 bits per heavy atom. The Balaban J connectivity index is 3.18. The number of nitrogens with zero attached hydrogens (tertiary/aromatic N) is 1. The summed E-state index contributed by atoms with van der Waals surface area (Å²) in [5, 5.41) is 18.3. The fourth-order valence-corrected chi connectivity index (χ4v) is 0.517. The van der Waals surface area contributed by atoms with Crippen LogP contribution in [0.4, 0.5) is 0 Å². The standard InChI is InChI=1S/C5H13NO3/c1-9-6(2-4-7)3-5-8/h7-8H,2-5H2,1H3. The number of hydrogen-bond acceptors (Lipinski definition) is 4. The van der Waals surface area contributed by atoms with E-state index in [0.717, 1.165) is 0 Å². The smallest absolute Gasteiger partial charge is 0.0581 e. The molecule has 0 amide bonds. The largest absolute Gasteiger partial charge is 0.395 e. The highest BCUT2D eigenvalue weighted by atomic mass is 16.7. The molecule has 0 aliphatic carbocycles. The lowest BCUT2D eigenvalue weighted by Crippen LogP contribution is -2.28. The molecule has 0 unspecified atom stereocenters. The Labute approximate surface area is 54.6 Å². The first-order chi connectivity index (χ1) is 4.35. The highest BCUT2D eigenvalue weighted by Crippen LogP contribution is 1.83. The minimum absolute atomic E-state index is 0.0494. The van der Waals surface area contributed by atoms with Crippen molar-refractivity contribution in [3.63, 3.8) is 0 Å². The van der Waals surface area contributed by atoms with Crippen molar-refractivity contribution in [2.24, 2.45) is 0 Å². The molecule has 0 heterocycles. The molecule has 0 aromatic heterocycles. The normalized spacial score (nSPS) is 10.7. The van der Waals surface area contributed by atoms with Gasteiger partial charge >= 0.3 is 0 Å². The number of rotatable bonds is 5. The van der Waals surface area contributed by atoms with E-state index in [4.69, 9.17) is 15.1 Å². The number of hydroxylamine groups is 2. The molecule has 0 aliphatic heterocycles. The zero-order valence-electron chi connectivity index (χ0n) is 5.58. The van der Waals surface area contributed by atoms with Crippen molar-refractivity contribution >= 4 is 0 Å². The van der Waals surface area contributed by atoms with Crippen LogP contribution in [0.25, 0.3) is 0 Å². The van der Waals surface area contributed by atoms with Gasteiger partial charge in [0.2, 0.25) is 0 Å². The minimum Gasteiger partial charge on any atom is -0.395 e. The molecule has 0 rings (SSSR count). The summed E-state index contributed by atoms with van der Waals surface area (Å²) in [6, 6.07) is 0. The molecule has 0 atom stereocenters. The van der Waals surface area contributed by atoms with E-state index in [-0.39, 0.29) is 13.2 Å². The van der Waals surface area contributed by atoms with Gasteiger partial charge in [-0.1, -0.05) is 0 Å². The quantitative estimate of drug-likeness (QED) is 0.467. The Hall–Kier alpha value is -0.160. The zero-order valence-corrected chi connectivity index (χ0v) is 5.58. The van der Waals surface area contributed by atoms with Gasteiger partial charge < -0.3 is 15.1 Å². The zero-order chi connectivity index (χ0) is 7.11. The van der Waals surface area contributed by atoms with E-state index in [9.17, 15) is 0 Å². The summed E-state index contributed by atoms with van der Waals surface area (Å²) in [4.78, 5) is 4.74. The van der Waals surface area contributed by atoms with Gasteiger partial charge in [-0.3, -0.25) is 0 Å². The maximum Gasteiger partial charge on any atom is 0.0581 e. The average molecular weight is 135 g/mol. The highest BCUT2D eigenvalue weighted by molar-refractivity contribution is 4.40. The van der Waals surface area contributed by atoms with Gasteiger partial charge in [0.25, 0.3) is 0 Å². The van der Waals surface area contributed by atoms with Crippen molar-refractivity contribution in [2.75, 3.05) is 33.4 Å². The Morgan fingerprint density at radius 2 is 1.67 bits per heavy atom. The van der Waals surface area contributed by atoms with E-state index < -0.39 is 0 Å². The first kappa shape index (κ1) is 8.84. The molecule has 4 nitrogen and oxygen atoms in total. The molecule has 0 bridgehead atoms. The summed E-state index contributed by atoms with van der Waals surface area (Å²) in [5.41, 5.74) is 0. The predicted octanol–water partition coefficient (Wildman–Crippen LogP) is -1.17. The SMILES string of the molecule is CON(CCO)CCO. The molecule has 0 aromatic rings. The third-order valence-corrected chi connectivity index (χ3v) is 0.957. The van der Waals surface area contributed by atoms with Crippen LogP contribution in [0.3, 0.4) is 0 Å². The van der Waals surface area contributed by atoms with Crippen molar-refractivity contribution in [1.29, 1.82) is 0 Å². The molecule has 0 aliphatic rings. The van der Waals surface area contributed by atoms with Crippen LogP contribution in [0.15, 0.2) is 0 Å². The summed E-state index contributed by atoms with van der Waals surface area (Å²) >= 11 is 0. The topological polar surface area (TPSA) is 52.9 Å². The summed E-state index contributed by atoms with van der Waals surface area (Å²) < 4.78 is 0. The van der Waals surface area contributed by atoms with Crippen molar-refractivity contribution in [1.82, 2.24) is 5.06 Å². The van der Waals surface area contributed by atoms with E-state index >= 15 is 0 Å². The molecular weight excluding hydrogens is 122 g/mol. The maximum atomic E-state index is 8.39. The second-order valence-electron chi connectivity index (χ2n) is 1.56. The first-order valence-corrected chi connectivity index (χ1v) is 2.86. The van der Waals surface area contributed by atoms with Crippen molar-refractivity contribution < 1.29 is 15.1 Å². The van der Waals surface area contributed by atoms with E-state index in [1.807, 2.05) is 0 Å². The van der Waals surface area contributed by atoms with Crippen LogP contribution >= 0.6 is 0 Å². The van der Waals surface area contributed by atoms with Gasteiger partial charge in [-0.15, -0.1) is 0 Å². The molecule has 2 N–H and O–H groups in total. The van der Waals surface area contributed by atoms with Crippen LogP contribution in [0.2, 0.25) is 0 Å². The molecule has 0 saturated heterocycles. The van der Waals surface area contributed by atoms with Crippen LogP contribution in [-0.4, -0.2) is 48.7 Å². The molecule has 0 radical (unpaired) electrons. The van der Waals surface area contributed by atoms with Gasteiger partial charge in [-0.2, -0.15) is 5.06 Å². The monoisotopic (exact) mass is 135 g/mol. The summed E-state index contributed by atoms with van der Waals surface area (Å²) in [6.45, 7) is 0.982. The van der Waals surface area contributed by atoms with Gasteiger partial charge in [0.15, 0.2) is 0 Å². The van der Waals surface area contributed by atoms with Crippen molar-refractivity contribution in [3.05, 3.63) is 0 Å². The molecular formula is C5H13NO3. The van der Waals surface area contributed by atoms with E-state index in [1.165, 1.54) is 12.2 Å². The second kappa shape index (κ2) is 5.97. The maximum absolute atomic E-state index is 8.39. The Morgan fingerprint density at radius 1 is 1.22 bits per heavy atom. The van der Waals surface area contributed by atoms with E-state index in [2.05, 4.69) is 0 Å². The Kier molecular flexibility index (Phi) is 5.86. The molecule has 0 saturated carbocycles. The van der Waals surface area contributed by atoms with E-state index in [0.29, 0.717) is 13.1 Å². The first-order valence-electron chi connectivity index (χ1n) is 2.86. The molecule has 0 aromatic carbocycles. The van der Waals surface area contributed by atoms with Gasteiger partial charge in [0.1, 0.15) is 0 Å². The molecule has 4 heteroatoms. The van der Waals surface area contributed by atoms with E-state index in [1.54, 1.807) is 0 Å². The fourth-order valence-electron chi connectivity index (χ4n) is 0.517.